The van der Waals surface area contributed by atoms with Crippen LogP contribution in [0, 0.1) is 0 Å². The fraction of sp³-hybridized carbons (Fsp3) is 0.520. The zero-order valence-electron chi connectivity index (χ0n) is 18.5. The second-order valence-electron chi connectivity index (χ2n) is 8.42. The van der Waals surface area contributed by atoms with Gasteiger partial charge in [-0.3, -0.25) is 0 Å². The number of rotatable bonds is 6. The third-order valence-electron chi connectivity index (χ3n) is 6.93. The van der Waals surface area contributed by atoms with Crippen molar-refractivity contribution in [3.63, 3.8) is 0 Å². The molecule has 5 heteroatoms. The van der Waals surface area contributed by atoms with E-state index < -0.39 is 0 Å². The van der Waals surface area contributed by atoms with Gasteiger partial charge in [-0.15, -0.1) is 24.8 Å². The third kappa shape index (κ3) is 4.42. The minimum absolute atomic E-state index is 0. The van der Waals surface area contributed by atoms with Gasteiger partial charge >= 0.3 is 0 Å². The Hall–Kier alpha value is -1.10. The van der Waals surface area contributed by atoms with Crippen LogP contribution in [0.15, 0.2) is 54.6 Å². The van der Waals surface area contributed by atoms with Gasteiger partial charge in [-0.05, 0) is 56.1 Å². The molecule has 0 radical (unpaired) electrons. The van der Waals surface area contributed by atoms with Crippen molar-refractivity contribution >= 4 is 24.8 Å². The molecule has 1 fully saturated rings. The van der Waals surface area contributed by atoms with Crippen molar-refractivity contribution in [2.75, 3.05) is 39.8 Å². The second kappa shape index (κ2) is 10.5. The molecule has 1 saturated heterocycles. The maximum Gasteiger partial charge on any atom is 0.121 e. The topological polar surface area (TPSA) is 15.7 Å². The van der Waals surface area contributed by atoms with Crippen molar-refractivity contribution in [2.24, 2.45) is 0 Å². The first-order valence-corrected chi connectivity index (χ1v) is 10.9. The van der Waals surface area contributed by atoms with Gasteiger partial charge in [0.15, 0.2) is 0 Å². The summed E-state index contributed by atoms with van der Waals surface area (Å²) in [5.41, 5.74) is 3.60. The van der Waals surface area contributed by atoms with Crippen LogP contribution in [0.4, 0.5) is 0 Å². The molecule has 2 aromatic rings. The molecule has 0 aliphatic carbocycles. The lowest BCUT2D eigenvalue weighted by Crippen LogP contribution is -2.43. The number of nitrogens with zero attached hydrogens (tertiary/aromatic N) is 2. The maximum atomic E-state index is 7.27. The van der Waals surface area contributed by atoms with Gasteiger partial charge < -0.3 is 14.5 Å². The lowest BCUT2D eigenvalue weighted by Gasteiger charge is -2.41. The van der Waals surface area contributed by atoms with Crippen LogP contribution in [0.25, 0.3) is 0 Å². The molecular formula is C25H36Cl2N2O. The van der Waals surface area contributed by atoms with E-state index in [1.54, 1.807) is 0 Å². The Kier molecular flexibility index (Phi) is 8.79. The number of hydrogen-bond donors (Lipinski definition) is 0. The Bertz CT molecular complexity index is 789. The summed E-state index contributed by atoms with van der Waals surface area (Å²) in [5.74, 6) is 0. The van der Waals surface area contributed by atoms with E-state index in [0.717, 1.165) is 52.0 Å². The molecule has 4 rings (SSSR count). The Morgan fingerprint density at radius 2 is 1.43 bits per heavy atom. The lowest BCUT2D eigenvalue weighted by atomic mass is 9.79. The van der Waals surface area contributed by atoms with E-state index >= 15 is 0 Å². The molecule has 0 aromatic heterocycles. The van der Waals surface area contributed by atoms with Crippen molar-refractivity contribution in [3.05, 3.63) is 71.3 Å². The van der Waals surface area contributed by atoms with E-state index in [4.69, 9.17) is 4.74 Å². The average Bonchev–Trinajstić information content (AvgIpc) is 3.03. The maximum absolute atomic E-state index is 7.27. The molecule has 2 aromatic carbocycles. The molecule has 1 spiro atoms. The largest absolute Gasteiger partial charge is 0.354 e. The molecule has 2 aliphatic rings. The first kappa shape index (κ1) is 25.2. The quantitative estimate of drug-likeness (QED) is 0.580. The van der Waals surface area contributed by atoms with E-state index in [9.17, 15) is 0 Å². The van der Waals surface area contributed by atoms with Crippen LogP contribution in [0.1, 0.15) is 49.8 Å². The van der Waals surface area contributed by atoms with E-state index in [0.29, 0.717) is 0 Å². The molecule has 30 heavy (non-hydrogen) atoms. The number of benzene rings is 2. The Labute approximate surface area is 194 Å². The van der Waals surface area contributed by atoms with E-state index in [1.165, 1.54) is 16.7 Å². The summed E-state index contributed by atoms with van der Waals surface area (Å²) in [5, 5.41) is 0. The molecule has 2 aliphatic heterocycles. The van der Waals surface area contributed by atoms with E-state index in [2.05, 4.69) is 85.3 Å². The van der Waals surface area contributed by atoms with Crippen molar-refractivity contribution in [1.29, 1.82) is 0 Å². The van der Waals surface area contributed by atoms with Crippen LogP contribution >= 0.6 is 24.8 Å². The molecule has 2 heterocycles. The predicted octanol–water partition coefficient (Wildman–Crippen LogP) is 5.46. The normalized spacial score (nSPS) is 22.4. The second-order valence-corrected chi connectivity index (χ2v) is 8.42. The minimum atomic E-state index is -0.351. The molecule has 166 valence electrons. The molecule has 0 saturated carbocycles. The Balaban J connectivity index is 0.00000160. The van der Waals surface area contributed by atoms with Gasteiger partial charge in [0.2, 0.25) is 0 Å². The SMILES string of the molecule is CCN(CC)CCC1(c2ccccc2)OC2(CCN(C)CC2)c2ccccc21.Cl.Cl. The number of halogens is 2. The van der Waals surface area contributed by atoms with Crippen molar-refractivity contribution in [2.45, 2.75) is 44.3 Å². The molecular weight excluding hydrogens is 415 g/mol. The molecule has 0 N–H and O–H groups in total. The molecule has 0 amide bonds. The number of fused-ring (bicyclic) bond motifs is 2. The van der Waals surface area contributed by atoms with Gasteiger partial charge in [-0.1, -0.05) is 68.4 Å². The van der Waals surface area contributed by atoms with Gasteiger partial charge in [0.25, 0.3) is 0 Å². The first-order chi connectivity index (χ1) is 13.6. The van der Waals surface area contributed by atoms with E-state index in [1.807, 2.05) is 0 Å². The van der Waals surface area contributed by atoms with Crippen LogP contribution in [0.5, 0.6) is 0 Å². The van der Waals surface area contributed by atoms with Gasteiger partial charge in [0.05, 0.1) is 5.60 Å². The van der Waals surface area contributed by atoms with Crippen LogP contribution in [0.3, 0.4) is 0 Å². The summed E-state index contributed by atoms with van der Waals surface area (Å²) >= 11 is 0. The van der Waals surface area contributed by atoms with Gasteiger partial charge in [0.1, 0.15) is 5.60 Å². The van der Waals surface area contributed by atoms with E-state index in [-0.39, 0.29) is 36.0 Å². The van der Waals surface area contributed by atoms with Gasteiger partial charge in [-0.25, -0.2) is 0 Å². The predicted molar refractivity (Wildman–Crippen MR) is 130 cm³/mol. The highest BCUT2D eigenvalue weighted by atomic mass is 35.5. The fourth-order valence-corrected chi connectivity index (χ4v) is 5.13. The van der Waals surface area contributed by atoms with Crippen LogP contribution in [-0.2, 0) is 15.9 Å². The number of hydrogen-bond acceptors (Lipinski definition) is 3. The summed E-state index contributed by atoms with van der Waals surface area (Å²) < 4.78 is 7.27. The number of piperidine rings is 1. The standard InChI is InChI=1S/C25H34N2O.2ClH/c1-4-27(5-2)20-17-25(21-11-7-6-8-12-21)23-14-10-9-13-22(23)24(28-25)15-18-26(3)19-16-24;;/h6-14H,4-5,15-20H2,1-3H3;2*1H. The smallest absolute Gasteiger partial charge is 0.121 e. The monoisotopic (exact) mass is 450 g/mol. The summed E-state index contributed by atoms with van der Waals surface area (Å²) in [6, 6.07) is 19.9. The minimum Gasteiger partial charge on any atom is -0.354 e. The molecule has 0 bridgehead atoms. The average molecular weight is 451 g/mol. The molecule has 3 nitrogen and oxygen atoms in total. The highest BCUT2D eigenvalue weighted by Crippen LogP contribution is 2.56. The summed E-state index contributed by atoms with van der Waals surface area (Å²) in [4.78, 5) is 4.94. The van der Waals surface area contributed by atoms with Crippen molar-refractivity contribution in [1.82, 2.24) is 9.80 Å². The molecule has 1 atom stereocenters. The fourth-order valence-electron chi connectivity index (χ4n) is 5.13. The van der Waals surface area contributed by atoms with Crippen LogP contribution in [0.2, 0.25) is 0 Å². The number of ether oxygens (including phenoxy) is 1. The van der Waals surface area contributed by atoms with Crippen LogP contribution < -0.4 is 0 Å². The summed E-state index contributed by atoms with van der Waals surface area (Å²) in [6.45, 7) is 9.90. The zero-order valence-corrected chi connectivity index (χ0v) is 20.1. The third-order valence-corrected chi connectivity index (χ3v) is 6.93. The highest BCUT2D eigenvalue weighted by Gasteiger charge is 2.54. The zero-order chi connectivity index (χ0) is 19.6. The lowest BCUT2D eigenvalue weighted by molar-refractivity contribution is -0.150. The van der Waals surface area contributed by atoms with Gasteiger partial charge in [-0.2, -0.15) is 0 Å². The van der Waals surface area contributed by atoms with Crippen molar-refractivity contribution in [3.8, 4) is 0 Å². The molecule has 1 unspecified atom stereocenters. The van der Waals surface area contributed by atoms with Gasteiger partial charge in [0, 0.05) is 19.6 Å². The summed E-state index contributed by atoms with van der Waals surface area (Å²) in [6.07, 6.45) is 3.13. The Morgan fingerprint density at radius 1 is 0.867 bits per heavy atom. The first-order valence-electron chi connectivity index (χ1n) is 10.9. The summed E-state index contributed by atoms with van der Waals surface area (Å²) in [7, 11) is 2.22. The number of likely N-dealkylation sites (tertiary alicyclic amines) is 1. The Morgan fingerprint density at radius 3 is 2.03 bits per heavy atom. The van der Waals surface area contributed by atoms with Crippen molar-refractivity contribution < 1.29 is 4.74 Å². The van der Waals surface area contributed by atoms with Crippen LogP contribution in [-0.4, -0.2) is 49.6 Å². The highest BCUT2D eigenvalue weighted by molar-refractivity contribution is 5.85.